The van der Waals surface area contributed by atoms with Crippen LogP contribution in [0.15, 0.2) is 47.4 Å². The third-order valence-electron chi connectivity index (χ3n) is 3.09. The normalized spacial score (nSPS) is 11.0. The van der Waals surface area contributed by atoms with Crippen LogP contribution in [0.25, 0.3) is 0 Å². The van der Waals surface area contributed by atoms with Gasteiger partial charge in [0.2, 0.25) is 0 Å². The molecule has 0 saturated carbocycles. The highest BCUT2D eigenvalue weighted by Gasteiger charge is 2.20. The lowest BCUT2D eigenvalue weighted by Crippen LogP contribution is -2.14. The fraction of sp³-hybridized carbons (Fsp3) is 0.200. The molecule has 0 atom stereocenters. The van der Waals surface area contributed by atoms with Crippen molar-refractivity contribution in [2.75, 3.05) is 11.3 Å². The van der Waals surface area contributed by atoms with Crippen molar-refractivity contribution in [2.24, 2.45) is 0 Å². The molecule has 0 unspecified atom stereocenters. The summed E-state index contributed by atoms with van der Waals surface area (Å²) < 4.78 is 32.6. The van der Waals surface area contributed by atoms with E-state index < -0.39 is 14.9 Å². The van der Waals surface area contributed by atoms with E-state index in [-0.39, 0.29) is 10.6 Å². The molecule has 7 nitrogen and oxygen atoms in total. The molecule has 0 heterocycles. The molecule has 0 aliphatic rings. The summed E-state index contributed by atoms with van der Waals surface area (Å²) in [6.45, 7) is 3.94. The summed E-state index contributed by atoms with van der Waals surface area (Å²) in [5.41, 5.74) is 0.496. The number of sulfonamides is 1. The molecule has 2 aromatic rings. The number of nitrogens with one attached hydrogen (secondary N) is 1. The van der Waals surface area contributed by atoms with Crippen molar-refractivity contribution >= 4 is 21.4 Å². The smallest absolute Gasteiger partial charge is 0.270 e. The number of anilines is 1. The standard InChI is InChI=1S/C15H16N2O5S/c1-3-22-14-8-5-12(6-9-14)16-23(20,21)15-10-13(17(18)19)7-4-11(15)2/h4-10,16H,3H2,1-2H3. The maximum atomic E-state index is 12.4. The van der Waals surface area contributed by atoms with Crippen LogP contribution in [0.2, 0.25) is 0 Å². The van der Waals surface area contributed by atoms with E-state index in [0.29, 0.717) is 23.6 Å². The second-order valence-corrected chi connectivity index (χ2v) is 6.42. The van der Waals surface area contributed by atoms with Crippen molar-refractivity contribution in [3.63, 3.8) is 0 Å². The van der Waals surface area contributed by atoms with E-state index in [1.165, 1.54) is 12.1 Å². The largest absolute Gasteiger partial charge is 0.494 e. The molecule has 122 valence electrons. The minimum Gasteiger partial charge on any atom is -0.494 e. The lowest BCUT2D eigenvalue weighted by Gasteiger charge is -2.11. The first-order chi connectivity index (χ1) is 10.8. The Bertz CT molecular complexity index is 816. The van der Waals surface area contributed by atoms with Crippen molar-refractivity contribution in [1.29, 1.82) is 0 Å². The summed E-state index contributed by atoms with van der Waals surface area (Å²) in [5, 5.41) is 10.8. The molecule has 0 saturated heterocycles. The SMILES string of the molecule is CCOc1ccc(NS(=O)(=O)c2cc([N+](=O)[O-])ccc2C)cc1. The number of rotatable bonds is 6. The first kappa shape index (κ1) is 16.8. The molecule has 2 aromatic carbocycles. The Kier molecular flexibility index (Phi) is 4.85. The van der Waals surface area contributed by atoms with Crippen molar-refractivity contribution in [3.05, 3.63) is 58.1 Å². The van der Waals surface area contributed by atoms with Gasteiger partial charge in [0.05, 0.1) is 16.4 Å². The van der Waals surface area contributed by atoms with E-state index in [1.54, 1.807) is 31.2 Å². The van der Waals surface area contributed by atoms with Crippen LogP contribution in [-0.4, -0.2) is 19.9 Å². The lowest BCUT2D eigenvalue weighted by atomic mass is 10.2. The lowest BCUT2D eigenvalue weighted by molar-refractivity contribution is -0.385. The molecule has 23 heavy (non-hydrogen) atoms. The molecule has 0 aliphatic heterocycles. The van der Waals surface area contributed by atoms with E-state index in [1.807, 2.05) is 6.92 Å². The van der Waals surface area contributed by atoms with Gasteiger partial charge in [0.25, 0.3) is 15.7 Å². The highest BCUT2D eigenvalue weighted by Crippen LogP contribution is 2.24. The van der Waals surface area contributed by atoms with E-state index in [4.69, 9.17) is 4.74 Å². The van der Waals surface area contributed by atoms with Gasteiger partial charge in [-0.25, -0.2) is 8.42 Å². The maximum Gasteiger partial charge on any atom is 0.270 e. The molecule has 0 aromatic heterocycles. The average molecular weight is 336 g/mol. The van der Waals surface area contributed by atoms with Crippen LogP contribution in [0.1, 0.15) is 12.5 Å². The number of ether oxygens (including phenoxy) is 1. The number of benzene rings is 2. The fourth-order valence-electron chi connectivity index (χ4n) is 1.99. The van der Waals surface area contributed by atoms with Crippen LogP contribution >= 0.6 is 0 Å². The molecule has 0 bridgehead atoms. The van der Waals surface area contributed by atoms with Gasteiger partial charge in [0.15, 0.2) is 0 Å². The number of nitro benzene ring substituents is 1. The van der Waals surface area contributed by atoms with Crippen molar-refractivity contribution in [3.8, 4) is 5.75 Å². The van der Waals surface area contributed by atoms with Gasteiger partial charge in [0.1, 0.15) is 5.75 Å². The van der Waals surface area contributed by atoms with Gasteiger partial charge in [-0.1, -0.05) is 6.07 Å². The van der Waals surface area contributed by atoms with E-state index in [9.17, 15) is 18.5 Å². The molecule has 2 rings (SSSR count). The average Bonchev–Trinajstić information content (AvgIpc) is 2.49. The predicted octanol–water partition coefficient (Wildman–Crippen LogP) is 3.10. The van der Waals surface area contributed by atoms with Crippen molar-refractivity contribution in [1.82, 2.24) is 0 Å². The van der Waals surface area contributed by atoms with E-state index >= 15 is 0 Å². The maximum absolute atomic E-state index is 12.4. The topological polar surface area (TPSA) is 98.5 Å². The van der Waals surface area contributed by atoms with Crippen molar-refractivity contribution < 1.29 is 18.1 Å². The molecular formula is C15H16N2O5S. The van der Waals surface area contributed by atoms with Crippen molar-refractivity contribution in [2.45, 2.75) is 18.7 Å². The third-order valence-corrected chi connectivity index (χ3v) is 4.61. The second kappa shape index (κ2) is 6.66. The molecular weight excluding hydrogens is 320 g/mol. The quantitative estimate of drug-likeness (QED) is 0.645. The van der Waals surface area contributed by atoms with Crippen LogP contribution in [0, 0.1) is 17.0 Å². The number of hydrogen-bond donors (Lipinski definition) is 1. The predicted molar refractivity (Wildman–Crippen MR) is 86.3 cm³/mol. The molecule has 0 radical (unpaired) electrons. The summed E-state index contributed by atoms with van der Waals surface area (Å²) >= 11 is 0. The Balaban J connectivity index is 2.31. The Morgan fingerprint density at radius 3 is 2.39 bits per heavy atom. The fourth-order valence-corrected chi connectivity index (χ4v) is 3.31. The molecule has 1 N–H and O–H groups in total. The minimum atomic E-state index is -3.92. The van der Waals surface area contributed by atoms with Gasteiger partial charge >= 0.3 is 0 Å². The minimum absolute atomic E-state index is 0.124. The van der Waals surface area contributed by atoms with Crippen LogP contribution < -0.4 is 9.46 Å². The molecule has 0 amide bonds. The summed E-state index contributed by atoms with van der Waals surface area (Å²) in [7, 11) is -3.92. The van der Waals surface area contributed by atoms with Crippen LogP contribution in [-0.2, 0) is 10.0 Å². The summed E-state index contributed by atoms with van der Waals surface area (Å²) in [4.78, 5) is 10.1. The Morgan fingerprint density at radius 2 is 1.83 bits per heavy atom. The van der Waals surface area contributed by atoms with Crippen LogP contribution in [0.5, 0.6) is 5.75 Å². The Hall–Kier alpha value is -2.61. The Labute approximate surface area is 134 Å². The van der Waals surface area contributed by atoms with E-state index in [2.05, 4.69) is 4.72 Å². The molecule has 8 heteroatoms. The zero-order chi connectivity index (χ0) is 17.0. The molecule has 0 fully saturated rings. The first-order valence-electron chi connectivity index (χ1n) is 6.84. The van der Waals surface area contributed by atoms with Gasteiger partial charge in [-0.2, -0.15) is 0 Å². The van der Waals surface area contributed by atoms with E-state index in [0.717, 1.165) is 6.07 Å². The van der Waals surface area contributed by atoms with Crippen LogP contribution in [0.3, 0.4) is 0 Å². The number of hydrogen-bond acceptors (Lipinski definition) is 5. The van der Waals surface area contributed by atoms with Gasteiger partial charge in [-0.3, -0.25) is 14.8 Å². The zero-order valence-electron chi connectivity index (χ0n) is 12.6. The number of nitro groups is 1. The summed E-state index contributed by atoms with van der Waals surface area (Å²) in [5.74, 6) is 0.627. The highest BCUT2D eigenvalue weighted by molar-refractivity contribution is 7.92. The van der Waals surface area contributed by atoms with Crippen LogP contribution in [0.4, 0.5) is 11.4 Å². The van der Waals surface area contributed by atoms with Gasteiger partial charge < -0.3 is 4.74 Å². The Morgan fingerprint density at radius 1 is 1.17 bits per heavy atom. The van der Waals surface area contributed by atoms with Gasteiger partial charge in [0, 0.05) is 17.8 Å². The second-order valence-electron chi connectivity index (χ2n) is 4.77. The summed E-state index contributed by atoms with van der Waals surface area (Å²) in [6.07, 6.45) is 0. The molecule has 0 aliphatic carbocycles. The summed E-state index contributed by atoms with van der Waals surface area (Å²) in [6, 6.07) is 10.1. The van der Waals surface area contributed by atoms with Gasteiger partial charge in [-0.15, -0.1) is 0 Å². The third kappa shape index (κ3) is 3.98. The monoisotopic (exact) mass is 336 g/mol. The number of aryl methyl sites for hydroxylation is 1. The number of non-ortho nitro benzene ring substituents is 1. The highest BCUT2D eigenvalue weighted by atomic mass is 32.2. The number of nitrogens with zero attached hydrogens (tertiary/aromatic N) is 1. The zero-order valence-corrected chi connectivity index (χ0v) is 13.5. The van der Waals surface area contributed by atoms with Gasteiger partial charge in [-0.05, 0) is 43.7 Å². The molecule has 0 spiro atoms. The first-order valence-corrected chi connectivity index (χ1v) is 8.32.